The van der Waals surface area contributed by atoms with Crippen LogP contribution < -0.4 is 0 Å². The second kappa shape index (κ2) is 7.60. The summed E-state index contributed by atoms with van der Waals surface area (Å²) >= 11 is 0. The van der Waals surface area contributed by atoms with Crippen LogP contribution in [-0.4, -0.2) is 27.7 Å². The highest BCUT2D eigenvalue weighted by Gasteiger charge is 2.17. The molecule has 0 aliphatic carbocycles. The first kappa shape index (κ1) is 16.9. The van der Waals surface area contributed by atoms with Crippen LogP contribution in [0.1, 0.15) is 26.3 Å². The Hall–Kier alpha value is -1.13. The average molecular weight is 295 g/mol. The van der Waals surface area contributed by atoms with E-state index in [2.05, 4.69) is 4.36 Å². The molecule has 20 heavy (non-hydrogen) atoms. The first-order chi connectivity index (χ1) is 9.42. The van der Waals surface area contributed by atoms with E-state index >= 15 is 0 Å². The largest absolute Gasteiger partial charge is 0.394 e. The molecule has 1 rings (SSSR count). The summed E-state index contributed by atoms with van der Waals surface area (Å²) in [6.07, 6.45) is 3.76. The minimum atomic E-state index is -2.52. The molecule has 1 aromatic carbocycles. The molecule has 0 amide bonds. The van der Waals surface area contributed by atoms with E-state index in [9.17, 15) is 9.32 Å². The Labute approximate surface area is 122 Å². The van der Waals surface area contributed by atoms with E-state index in [1.165, 1.54) is 0 Å². The van der Waals surface area contributed by atoms with Crippen molar-refractivity contribution in [1.29, 1.82) is 0 Å². The third kappa shape index (κ3) is 4.46. The highest BCUT2D eigenvalue weighted by molar-refractivity contribution is 7.93. The van der Waals surface area contributed by atoms with Gasteiger partial charge in [-0.1, -0.05) is 43.7 Å². The fourth-order valence-electron chi connectivity index (χ4n) is 1.76. The predicted octanol–water partition coefficient (Wildman–Crippen LogP) is 3.41. The Morgan fingerprint density at radius 1 is 1.30 bits per heavy atom. The average Bonchev–Trinajstić information content (AvgIpc) is 2.43. The number of aryl methyl sites for hydroxylation is 1. The topological polar surface area (TPSA) is 49.7 Å². The van der Waals surface area contributed by atoms with Gasteiger partial charge in [-0.15, -0.1) is 0 Å². The molecule has 0 saturated heterocycles. The van der Waals surface area contributed by atoms with Crippen molar-refractivity contribution in [2.45, 2.75) is 38.6 Å². The highest BCUT2D eigenvalue weighted by Crippen LogP contribution is 2.19. The molecule has 0 radical (unpaired) electrons. The maximum atomic E-state index is 13.2. The molecule has 4 heteroatoms. The Bertz CT molecular complexity index is 552. The molecule has 1 aromatic rings. The van der Waals surface area contributed by atoms with E-state index < -0.39 is 9.73 Å². The smallest absolute Gasteiger partial charge is 0.0850 e. The van der Waals surface area contributed by atoms with Crippen molar-refractivity contribution >= 4 is 9.73 Å². The molecule has 0 aliphatic rings. The van der Waals surface area contributed by atoms with Crippen LogP contribution in [0, 0.1) is 12.8 Å². The lowest BCUT2D eigenvalue weighted by Crippen LogP contribution is -2.21. The van der Waals surface area contributed by atoms with Gasteiger partial charge in [0, 0.05) is 4.90 Å². The third-order valence-corrected chi connectivity index (χ3v) is 5.47. The number of aliphatic hydroxyl groups excluding tert-OH is 1. The Kier molecular flexibility index (Phi) is 6.43. The van der Waals surface area contributed by atoms with Gasteiger partial charge in [-0.25, -0.2) is 8.57 Å². The molecule has 0 spiro atoms. The Balaban J connectivity index is 3.31. The van der Waals surface area contributed by atoms with Gasteiger partial charge in [-0.05, 0) is 31.9 Å². The monoisotopic (exact) mass is 295 g/mol. The summed E-state index contributed by atoms with van der Waals surface area (Å²) in [6, 6.07) is 7.35. The van der Waals surface area contributed by atoms with Crippen molar-refractivity contribution in [3.05, 3.63) is 42.0 Å². The van der Waals surface area contributed by atoms with E-state index in [4.69, 9.17) is 0 Å². The van der Waals surface area contributed by atoms with Crippen LogP contribution in [0.4, 0.5) is 0 Å². The molecular formula is C16H25NO2S. The van der Waals surface area contributed by atoms with Crippen LogP contribution in [0.5, 0.6) is 0 Å². The minimum Gasteiger partial charge on any atom is -0.394 e. The van der Waals surface area contributed by atoms with Gasteiger partial charge in [0.05, 0.1) is 28.1 Å². The summed E-state index contributed by atoms with van der Waals surface area (Å²) in [5, 5.41) is 9.44. The Morgan fingerprint density at radius 3 is 2.35 bits per heavy atom. The van der Waals surface area contributed by atoms with Crippen LogP contribution in [0.15, 0.2) is 45.7 Å². The van der Waals surface area contributed by atoms with Gasteiger partial charge >= 0.3 is 0 Å². The molecule has 0 aromatic heterocycles. The molecule has 0 aliphatic heterocycles. The summed E-state index contributed by atoms with van der Waals surface area (Å²) < 4.78 is 17.7. The molecule has 2 atom stereocenters. The van der Waals surface area contributed by atoms with Crippen molar-refractivity contribution < 1.29 is 9.32 Å². The summed E-state index contributed by atoms with van der Waals surface area (Å²) in [6.45, 7) is 7.79. The van der Waals surface area contributed by atoms with Crippen molar-refractivity contribution in [3.8, 4) is 0 Å². The molecule has 112 valence electrons. The van der Waals surface area contributed by atoms with Gasteiger partial charge in [0.2, 0.25) is 0 Å². The second-order valence-corrected chi connectivity index (χ2v) is 7.58. The zero-order chi connectivity index (χ0) is 15.2. The summed E-state index contributed by atoms with van der Waals surface area (Å²) in [7, 11) is -2.52. The lowest BCUT2D eigenvalue weighted by molar-refractivity contribution is 0.241. The highest BCUT2D eigenvalue weighted by atomic mass is 32.2. The molecule has 0 saturated carbocycles. The number of hydrogen-bond donors (Lipinski definition) is 1. The zero-order valence-corrected chi connectivity index (χ0v) is 13.6. The lowest BCUT2D eigenvalue weighted by Gasteiger charge is -2.17. The number of hydrogen-bond acceptors (Lipinski definition) is 3. The maximum absolute atomic E-state index is 13.2. The lowest BCUT2D eigenvalue weighted by atomic mass is 10.1. The standard InChI is InChI=1S/C16H25NO2S/c1-5-6-11-20(19,17-16(12-18)13(2)3)15-9-7-14(4)8-10-15/h5-10,13,16,18H,11-12H2,1-4H3/b6-5+/t16-,20+/m1/s1. The van der Waals surface area contributed by atoms with Crippen molar-refractivity contribution in [3.63, 3.8) is 0 Å². The van der Waals surface area contributed by atoms with Crippen LogP contribution in [0.3, 0.4) is 0 Å². The maximum Gasteiger partial charge on any atom is 0.0850 e. The van der Waals surface area contributed by atoms with Gasteiger partial charge in [-0.3, -0.25) is 0 Å². The van der Waals surface area contributed by atoms with Crippen LogP contribution in [-0.2, 0) is 9.73 Å². The summed E-state index contributed by atoms with van der Waals surface area (Å²) in [5.74, 6) is 0.548. The minimum absolute atomic E-state index is 0.0731. The molecular weight excluding hydrogens is 270 g/mol. The van der Waals surface area contributed by atoms with E-state index in [1.54, 1.807) is 0 Å². The molecule has 0 fully saturated rings. The second-order valence-electron chi connectivity index (χ2n) is 5.29. The number of nitrogens with zero attached hydrogens (tertiary/aromatic N) is 1. The fourth-order valence-corrected chi connectivity index (χ4v) is 3.92. The third-order valence-electron chi connectivity index (χ3n) is 3.21. The van der Waals surface area contributed by atoms with Gasteiger partial charge in [0.15, 0.2) is 0 Å². The van der Waals surface area contributed by atoms with Gasteiger partial charge < -0.3 is 5.11 Å². The van der Waals surface area contributed by atoms with Crippen LogP contribution >= 0.6 is 0 Å². The van der Waals surface area contributed by atoms with Crippen LogP contribution in [0.2, 0.25) is 0 Å². The SMILES string of the molecule is C/C=C/C[S@@](=O)(=N[C@H](CO)C(C)C)c1ccc(C)cc1. The summed E-state index contributed by atoms with van der Waals surface area (Å²) in [5.41, 5.74) is 1.13. The predicted molar refractivity (Wildman–Crippen MR) is 85.4 cm³/mol. The number of aliphatic hydroxyl groups is 1. The van der Waals surface area contributed by atoms with Crippen molar-refractivity contribution in [1.82, 2.24) is 0 Å². The number of benzene rings is 1. The molecule has 0 unspecified atom stereocenters. The van der Waals surface area contributed by atoms with E-state index in [1.807, 2.05) is 64.1 Å². The first-order valence-corrected chi connectivity index (χ1v) is 8.64. The fraction of sp³-hybridized carbons (Fsp3) is 0.500. The number of rotatable bonds is 6. The van der Waals surface area contributed by atoms with E-state index in [0.717, 1.165) is 10.5 Å². The van der Waals surface area contributed by atoms with Crippen molar-refractivity contribution in [2.24, 2.45) is 10.3 Å². The molecule has 0 bridgehead atoms. The molecule has 3 nitrogen and oxygen atoms in total. The van der Waals surface area contributed by atoms with E-state index in [0.29, 0.717) is 5.75 Å². The molecule has 1 N–H and O–H groups in total. The number of allylic oxidation sites excluding steroid dienone is 1. The molecule has 0 heterocycles. The summed E-state index contributed by atoms with van der Waals surface area (Å²) in [4.78, 5) is 0.736. The van der Waals surface area contributed by atoms with Gasteiger partial charge in [0.25, 0.3) is 0 Å². The zero-order valence-electron chi connectivity index (χ0n) is 12.7. The van der Waals surface area contributed by atoms with Gasteiger partial charge in [-0.2, -0.15) is 0 Å². The van der Waals surface area contributed by atoms with Crippen molar-refractivity contribution in [2.75, 3.05) is 12.4 Å². The van der Waals surface area contributed by atoms with Gasteiger partial charge in [0.1, 0.15) is 0 Å². The van der Waals surface area contributed by atoms with Crippen LogP contribution in [0.25, 0.3) is 0 Å². The van der Waals surface area contributed by atoms with E-state index in [-0.39, 0.29) is 18.6 Å². The first-order valence-electron chi connectivity index (χ1n) is 6.95. The normalized spacial score (nSPS) is 16.3. The quantitative estimate of drug-likeness (QED) is 0.818. The Morgan fingerprint density at radius 2 is 1.90 bits per heavy atom.